The number of nitrogens with zero attached hydrogens (tertiary/aromatic N) is 3. The number of hydrogen-bond acceptors (Lipinski definition) is 3. The molecule has 1 aromatic heterocycles. The van der Waals surface area contributed by atoms with Crippen molar-refractivity contribution in [2.45, 2.75) is 6.18 Å². The Bertz CT molecular complexity index is 473. The molecule has 0 atom stereocenters. The van der Waals surface area contributed by atoms with Crippen LogP contribution in [0.4, 0.5) is 19.0 Å². The van der Waals surface area contributed by atoms with E-state index < -0.39 is 11.7 Å². The third-order valence-electron chi connectivity index (χ3n) is 2.54. The van der Waals surface area contributed by atoms with E-state index in [2.05, 4.69) is 9.98 Å². The molecule has 19 heavy (non-hydrogen) atoms. The first-order valence-corrected chi connectivity index (χ1v) is 5.93. The molecule has 1 aliphatic rings. The Morgan fingerprint density at radius 3 is 2.63 bits per heavy atom. The Balaban J connectivity index is 2.10. The fourth-order valence-electron chi connectivity index (χ4n) is 1.51. The number of pyridine rings is 1. The zero-order valence-electron chi connectivity index (χ0n) is 9.82. The van der Waals surface area contributed by atoms with Gasteiger partial charge in [-0.2, -0.15) is 13.2 Å². The summed E-state index contributed by atoms with van der Waals surface area (Å²) in [6, 6.07) is 0.820. The van der Waals surface area contributed by atoms with Crippen molar-refractivity contribution in [2.75, 3.05) is 26.3 Å². The predicted octanol–water partition coefficient (Wildman–Crippen LogP) is 2.75. The molecule has 0 amide bonds. The van der Waals surface area contributed by atoms with Crippen molar-refractivity contribution in [3.63, 3.8) is 0 Å². The van der Waals surface area contributed by atoms with E-state index in [1.807, 2.05) is 4.90 Å². The SMILES string of the molecule is FC(F)(F)c1cnc(N=CN2CCOCC2)c(Cl)c1. The van der Waals surface area contributed by atoms with Crippen LogP contribution in [0.1, 0.15) is 5.56 Å². The summed E-state index contributed by atoms with van der Waals surface area (Å²) in [5, 5.41) is -0.126. The molecule has 0 radical (unpaired) electrons. The Kier molecular flexibility index (Phi) is 4.26. The molecule has 0 aromatic carbocycles. The van der Waals surface area contributed by atoms with Crippen molar-refractivity contribution in [1.29, 1.82) is 0 Å². The molecular formula is C11H11ClF3N3O. The highest BCUT2D eigenvalue weighted by Crippen LogP contribution is 2.33. The molecule has 0 aliphatic carbocycles. The van der Waals surface area contributed by atoms with Gasteiger partial charge in [-0.15, -0.1) is 0 Å². The molecule has 1 saturated heterocycles. The van der Waals surface area contributed by atoms with Crippen LogP contribution in [-0.2, 0) is 10.9 Å². The first-order chi connectivity index (χ1) is 8.97. The van der Waals surface area contributed by atoms with Crippen LogP contribution in [0.15, 0.2) is 17.3 Å². The highest BCUT2D eigenvalue weighted by Gasteiger charge is 2.31. The van der Waals surface area contributed by atoms with E-state index in [1.54, 1.807) is 0 Å². The van der Waals surface area contributed by atoms with E-state index >= 15 is 0 Å². The highest BCUT2D eigenvalue weighted by molar-refractivity contribution is 6.32. The predicted molar refractivity (Wildman–Crippen MR) is 64.8 cm³/mol. The molecule has 0 N–H and O–H groups in total. The van der Waals surface area contributed by atoms with Crippen LogP contribution in [-0.4, -0.2) is 42.5 Å². The summed E-state index contributed by atoms with van der Waals surface area (Å²) in [5.74, 6) is 0.0705. The van der Waals surface area contributed by atoms with E-state index in [0.717, 1.165) is 12.3 Å². The van der Waals surface area contributed by atoms with Crippen molar-refractivity contribution < 1.29 is 17.9 Å². The fourth-order valence-corrected chi connectivity index (χ4v) is 1.73. The van der Waals surface area contributed by atoms with E-state index in [0.29, 0.717) is 26.3 Å². The minimum absolute atomic E-state index is 0.0705. The lowest BCUT2D eigenvalue weighted by Crippen LogP contribution is -2.35. The lowest BCUT2D eigenvalue weighted by molar-refractivity contribution is -0.137. The summed E-state index contributed by atoms with van der Waals surface area (Å²) in [5.41, 5.74) is -0.886. The molecule has 1 aliphatic heterocycles. The van der Waals surface area contributed by atoms with Gasteiger partial charge in [-0.25, -0.2) is 9.98 Å². The summed E-state index contributed by atoms with van der Waals surface area (Å²) in [6.07, 6.45) is -2.22. The Labute approximate surface area is 112 Å². The fraction of sp³-hybridized carbons (Fsp3) is 0.455. The van der Waals surface area contributed by atoms with Crippen LogP contribution in [0, 0.1) is 0 Å². The standard InChI is InChI=1S/C11H11ClF3N3O/c12-9-5-8(11(13,14)15)6-16-10(9)17-7-18-1-3-19-4-2-18/h5-7H,1-4H2. The van der Waals surface area contributed by atoms with E-state index in [4.69, 9.17) is 16.3 Å². The molecule has 0 bridgehead atoms. The maximum absolute atomic E-state index is 12.4. The molecule has 1 fully saturated rings. The number of halogens is 4. The van der Waals surface area contributed by atoms with Gasteiger partial charge < -0.3 is 9.64 Å². The Hall–Kier alpha value is -1.34. The summed E-state index contributed by atoms with van der Waals surface area (Å²) < 4.78 is 42.4. The smallest absolute Gasteiger partial charge is 0.378 e. The molecule has 2 heterocycles. The van der Waals surface area contributed by atoms with E-state index in [9.17, 15) is 13.2 Å². The van der Waals surface area contributed by atoms with Crippen molar-refractivity contribution in [3.05, 3.63) is 22.8 Å². The van der Waals surface area contributed by atoms with Gasteiger partial charge >= 0.3 is 6.18 Å². The Morgan fingerprint density at radius 2 is 2.05 bits per heavy atom. The quantitative estimate of drug-likeness (QED) is 0.621. The van der Waals surface area contributed by atoms with Gasteiger partial charge in [-0.1, -0.05) is 11.6 Å². The molecule has 0 spiro atoms. The molecular weight excluding hydrogens is 283 g/mol. The second-order valence-electron chi connectivity index (χ2n) is 3.92. The molecule has 4 nitrogen and oxygen atoms in total. The normalized spacial score (nSPS) is 17.2. The number of hydrogen-bond donors (Lipinski definition) is 0. The number of alkyl halides is 3. The van der Waals surface area contributed by atoms with Gasteiger partial charge in [0.2, 0.25) is 0 Å². The summed E-state index contributed by atoms with van der Waals surface area (Å²) in [4.78, 5) is 9.50. The Morgan fingerprint density at radius 1 is 1.37 bits per heavy atom. The van der Waals surface area contributed by atoms with Crippen LogP contribution in [0.3, 0.4) is 0 Å². The number of ether oxygens (including phenoxy) is 1. The number of aromatic nitrogens is 1. The van der Waals surface area contributed by atoms with Crippen molar-refractivity contribution in [1.82, 2.24) is 9.88 Å². The van der Waals surface area contributed by atoms with Crippen LogP contribution >= 0.6 is 11.6 Å². The monoisotopic (exact) mass is 293 g/mol. The van der Waals surface area contributed by atoms with Crippen molar-refractivity contribution in [3.8, 4) is 0 Å². The maximum Gasteiger partial charge on any atom is 0.417 e. The van der Waals surface area contributed by atoms with Gasteiger partial charge in [-0.3, -0.25) is 0 Å². The second kappa shape index (κ2) is 5.75. The van der Waals surface area contributed by atoms with E-state index in [1.165, 1.54) is 6.34 Å². The summed E-state index contributed by atoms with van der Waals surface area (Å²) >= 11 is 5.73. The van der Waals surface area contributed by atoms with Gasteiger partial charge in [0.05, 0.1) is 30.1 Å². The second-order valence-corrected chi connectivity index (χ2v) is 4.33. The third-order valence-corrected chi connectivity index (χ3v) is 2.82. The lowest BCUT2D eigenvalue weighted by Gasteiger charge is -2.24. The minimum atomic E-state index is -4.46. The summed E-state index contributed by atoms with van der Waals surface area (Å²) in [6.45, 7) is 2.56. The highest BCUT2D eigenvalue weighted by atomic mass is 35.5. The average molecular weight is 294 g/mol. The van der Waals surface area contributed by atoms with E-state index in [-0.39, 0.29) is 10.8 Å². The van der Waals surface area contributed by atoms with Gasteiger partial charge in [0, 0.05) is 19.3 Å². The number of rotatable bonds is 2. The van der Waals surface area contributed by atoms with Gasteiger partial charge in [-0.05, 0) is 6.07 Å². The zero-order valence-corrected chi connectivity index (χ0v) is 10.6. The molecule has 1 aromatic rings. The van der Waals surface area contributed by atoms with Gasteiger partial charge in [0.1, 0.15) is 0 Å². The number of aliphatic imine (C=N–C) groups is 1. The van der Waals surface area contributed by atoms with Crippen molar-refractivity contribution >= 4 is 23.8 Å². The maximum atomic E-state index is 12.4. The zero-order chi connectivity index (χ0) is 13.9. The molecule has 2 rings (SSSR count). The van der Waals surface area contributed by atoms with Gasteiger partial charge in [0.25, 0.3) is 0 Å². The minimum Gasteiger partial charge on any atom is -0.378 e. The number of morpholine rings is 1. The van der Waals surface area contributed by atoms with Crippen LogP contribution < -0.4 is 0 Å². The van der Waals surface area contributed by atoms with Crippen LogP contribution in [0.25, 0.3) is 0 Å². The molecule has 104 valence electrons. The first kappa shape index (κ1) is 14.1. The molecule has 0 unspecified atom stereocenters. The third kappa shape index (κ3) is 3.81. The van der Waals surface area contributed by atoms with Crippen LogP contribution in [0.5, 0.6) is 0 Å². The lowest BCUT2D eigenvalue weighted by atomic mass is 10.3. The summed E-state index contributed by atoms with van der Waals surface area (Å²) in [7, 11) is 0. The van der Waals surface area contributed by atoms with Gasteiger partial charge in [0.15, 0.2) is 5.82 Å². The largest absolute Gasteiger partial charge is 0.417 e. The molecule has 0 saturated carbocycles. The molecule has 8 heteroatoms. The van der Waals surface area contributed by atoms with Crippen molar-refractivity contribution in [2.24, 2.45) is 4.99 Å². The topological polar surface area (TPSA) is 37.7 Å². The first-order valence-electron chi connectivity index (χ1n) is 5.55. The average Bonchev–Trinajstić information content (AvgIpc) is 2.37. The van der Waals surface area contributed by atoms with Crippen LogP contribution in [0.2, 0.25) is 5.02 Å².